The van der Waals surface area contributed by atoms with Crippen molar-refractivity contribution in [2.75, 3.05) is 17.2 Å². The minimum absolute atomic E-state index is 0.262. The van der Waals surface area contributed by atoms with Gasteiger partial charge in [0.15, 0.2) is 0 Å². The zero-order valence-electron chi connectivity index (χ0n) is 16.3. The zero-order chi connectivity index (χ0) is 21.3. The molecule has 0 aliphatic heterocycles. The number of carbonyl (C=O) groups excluding carboxylic acids is 3. The van der Waals surface area contributed by atoms with Crippen LogP contribution in [0.4, 0.5) is 16.2 Å². The van der Waals surface area contributed by atoms with E-state index >= 15 is 0 Å². The van der Waals surface area contributed by atoms with Gasteiger partial charge in [0.25, 0.3) is 11.8 Å². The third-order valence-electron chi connectivity index (χ3n) is 4.05. The molecule has 3 aromatic carbocycles. The first-order chi connectivity index (χ1) is 14.5. The summed E-state index contributed by atoms with van der Waals surface area (Å²) in [5.41, 5.74) is 1.76. The van der Waals surface area contributed by atoms with E-state index in [9.17, 15) is 14.4 Å². The van der Waals surface area contributed by atoms with Crippen LogP contribution in [0.3, 0.4) is 0 Å². The normalized spacial score (nSPS) is 10.0. The van der Waals surface area contributed by atoms with Gasteiger partial charge in [0.1, 0.15) is 5.75 Å². The van der Waals surface area contributed by atoms with Crippen molar-refractivity contribution in [3.63, 3.8) is 0 Å². The van der Waals surface area contributed by atoms with Crippen molar-refractivity contribution in [1.82, 2.24) is 5.32 Å². The summed E-state index contributed by atoms with van der Waals surface area (Å²) < 4.78 is 5.36. The van der Waals surface area contributed by atoms with E-state index in [0.717, 1.165) is 0 Å². The van der Waals surface area contributed by atoms with Crippen molar-refractivity contribution >= 4 is 29.2 Å². The van der Waals surface area contributed by atoms with Gasteiger partial charge < -0.3 is 15.4 Å². The molecular formula is C23H21N3O4. The van der Waals surface area contributed by atoms with Gasteiger partial charge in [-0.3, -0.25) is 14.9 Å². The molecule has 7 heteroatoms. The van der Waals surface area contributed by atoms with E-state index in [-0.39, 0.29) is 5.91 Å². The van der Waals surface area contributed by atoms with E-state index in [2.05, 4.69) is 16.0 Å². The SMILES string of the molecule is CCOc1cccc(C(=O)NC(=O)Nc2cccc(NC(=O)c3ccccc3)c2)c1. The average molecular weight is 403 g/mol. The molecule has 0 fully saturated rings. The van der Waals surface area contributed by atoms with Crippen LogP contribution in [0.5, 0.6) is 5.75 Å². The lowest BCUT2D eigenvalue weighted by atomic mass is 10.2. The first kappa shape index (κ1) is 20.6. The second kappa shape index (κ2) is 9.88. The van der Waals surface area contributed by atoms with E-state index < -0.39 is 11.9 Å². The molecule has 0 heterocycles. The monoisotopic (exact) mass is 403 g/mol. The zero-order valence-corrected chi connectivity index (χ0v) is 16.3. The number of hydrogen-bond acceptors (Lipinski definition) is 4. The first-order valence-corrected chi connectivity index (χ1v) is 9.37. The highest BCUT2D eigenvalue weighted by Gasteiger charge is 2.12. The number of hydrogen-bond donors (Lipinski definition) is 3. The van der Waals surface area contributed by atoms with E-state index in [0.29, 0.717) is 34.9 Å². The van der Waals surface area contributed by atoms with Gasteiger partial charge in [0.2, 0.25) is 0 Å². The van der Waals surface area contributed by atoms with Crippen molar-refractivity contribution in [3.05, 3.63) is 90.0 Å². The summed E-state index contributed by atoms with van der Waals surface area (Å²) >= 11 is 0. The maximum Gasteiger partial charge on any atom is 0.326 e. The number of imide groups is 1. The maximum atomic E-state index is 12.3. The Morgan fingerprint density at radius 1 is 0.733 bits per heavy atom. The summed E-state index contributed by atoms with van der Waals surface area (Å²) in [4.78, 5) is 36.7. The Kier molecular flexibility index (Phi) is 6.78. The second-order valence-corrected chi connectivity index (χ2v) is 6.27. The van der Waals surface area contributed by atoms with Crippen LogP contribution >= 0.6 is 0 Å². The Bertz CT molecular complexity index is 1050. The van der Waals surface area contributed by atoms with Crippen LogP contribution in [0.2, 0.25) is 0 Å². The van der Waals surface area contributed by atoms with Gasteiger partial charge in [0.05, 0.1) is 6.61 Å². The predicted molar refractivity (Wildman–Crippen MR) is 115 cm³/mol. The van der Waals surface area contributed by atoms with Crippen LogP contribution in [0.15, 0.2) is 78.9 Å². The Labute approximate surface area is 174 Å². The Morgan fingerprint density at radius 3 is 2.13 bits per heavy atom. The van der Waals surface area contributed by atoms with Crippen LogP contribution in [0.1, 0.15) is 27.6 Å². The van der Waals surface area contributed by atoms with Gasteiger partial charge in [-0.25, -0.2) is 4.79 Å². The highest BCUT2D eigenvalue weighted by atomic mass is 16.5. The molecule has 3 rings (SSSR count). The molecular weight excluding hydrogens is 382 g/mol. The molecule has 0 aliphatic rings. The summed E-state index contributed by atoms with van der Waals surface area (Å²) in [7, 11) is 0. The van der Waals surface area contributed by atoms with Gasteiger partial charge in [0, 0.05) is 22.5 Å². The fourth-order valence-corrected chi connectivity index (χ4v) is 2.70. The number of anilines is 2. The first-order valence-electron chi connectivity index (χ1n) is 9.37. The van der Waals surface area contributed by atoms with Crippen molar-refractivity contribution < 1.29 is 19.1 Å². The molecule has 30 heavy (non-hydrogen) atoms. The number of benzene rings is 3. The number of nitrogens with one attached hydrogen (secondary N) is 3. The summed E-state index contributed by atoms with van der Waals surface area (Å²) in [5.74, 6) is -0.267. The lowest BCUT2D eigenvalue weighted by Gasteiger charge is -2.10. The molecule has 152 valence electrons. The lowest BCUT2D eigenvalue weighted by Crippen LogP contribution is -2.34. The third-order valence-corrected chi connectivity index (χ3v) is 4.05. The average Bonchev–Trinajstić information content (AvgIpc) is 2.75. The molecule has 3 N–H and O–H groups in total. The summed E-state index contributed by atoms with van der Waals surface area (Å²) in [6.07, 6.45) is 0. The van der Waals surface area contributed by atoms with Crippen molar-refractivity contribution in [2.45, 2.75) is 6.92 Å². The summed E-state index contributed by atoms with van der Waals surface area (Å²) in [5, 5.41) is 7.62. The van der Waals surface area contributed by atoms with Crippen molar-refractivity contribution in [2.24, 2.45) is 0 Å². The van der Waals surface area contributed by atoms with Crippen LogP contribution in [-0.4, -0.2) is 24.5 Å². The standard InChI is InChI=1S/C23H21N3O4/c1-2-30-20-13-6-10-17(14-20)22(28)26-23(29)25-19-12-7-11-18(15-19)24-21(27)16-8-4-3-5-9-16/h3-15H,2H2,1H3,(H,24,27)(H2,25,26,28,29). The number of urea groups is 1. The van der Waals surface area contributed by atoms with Crippen LogP contribution in [0, 0.1) is 0 Å². The van der Waals surface area contributed by atoms with Crippen molar-refractivity contribution in [1.29, 1.82) is 0 Å². The molecule has 0 unspecified atom stereocenters. The fraction of sp³-hybridized carbons (Fsp3) is 0.0870. The van der Waals surface area contributed by atoms with Gasteiger partial charge in [-0.1, -0.05) is 30.3 Å². The second-order valence-electron chi connectivity index (χ2n) is 6.27. The molecule has 4 amide bonds. The smallest absolute Gasteiger partial charge is 0.326 e. The van der Waals surface area contributed by atoms with Crippen molar-refractivity contribution in [3.8, 4) is 5.75 Å². The molecule has 0 atom stereocenters. The maximum absolute atomic E-state index is 12.3. The molecule has 0 aromatic heterocycles. The number of ether oxygens (including phenoxy) is 1. The minimum atomic E-state index is -0.687. The molecule has 0 spiro atoms. The largest absolute Gasteiger partial charge is 0.494 e. The molecule has 3 aromatic rings. The van der Waals surface area contributed by atoms with E-state index in [1.807, 2.05) is 13.0 Å². The molecule has 0 aliphatic carbocycles. The van der Waals surface area contributed by atoms with Crippen LogP contribution in [-0.2, 0) is 0 Å². The topological polar surface area (TPSA) is 96.5 Å². The molecule has 7 nitrogen and oxygen atoms in total. The van der Waals surface area contributed by atoms with Crippen LogP contribution in [0.25, 0.3) is 0 Å². The molecule has 0 radical (unpaired) electrons. The highest BCUT2D eigenvalue weighted by molar-refractivity contribution is 6.08. The third kappa shape index (κ3) is 5.68. The van der Waals surface area contributed by atoms with Crippen LogP contribution < -0.4 is 20.7 Å². The number of carbonyl (C=O) groups is 3. The quantitative estimate of drug-likeness (QED) is 0.572. The number of rotatable bonds is 6. The predicted octanol–water partition coefficient (Wildman–Crippen LogP) is 4.30. The summed E-state index contributed by atoms with van der Waals surface area (Å²) in [6.45, 7) is 2.32. The van der Waals surface area contributed by atoms with E-state index in [4.69, 9.17) is 4.74 Å². The summed E-state index contributed by atoms with van der Waals surface area (Å²) in [6, 6.07) is 21.3. The molecule has 0 bridgehead atoms. The van der Waals surface area contributed by atoms with Gasteiger partial charge in [-0.2, -0.15) is 0 Å². The van der Waals surface area contributed by atoms with E-state index in [1.165, 1.54) is 0 Å². The Hall–Kier alpha value is -4.13. The fourth-order valence-electron chi connectivity index (χ4n) is 2.70. The minimum Gasteiger partial charge on any atom is -0.494 e. The van der Waals surface area contributed by atoms with Gasteiger partial charge in [-0.15, -0.1) is 0 Å². The van der Waals surface area contributed by atoms with Gasteiger partial charge >= 0.3 is 6.03 Å². The molecule has 0 saturated carbocycles. The lowest BCUT2D eigenvalue weighted by molar-refractivity contribution is 0.0965. The molecule has 0 saturated heterocycles. The Morgan fingerprint density at radius 2 is 1.40 bits per heavy atom. The van der Waals surface area contributed by atoms with Gasteiger partial charge in [-0.05, 0) is 55.5 Å². The highest BCUT2D eigenvalue weighted by Crippen LogP contribution is 2.17. The Balaban J connectivity index is 1.60. The number of amides is 4. The van der Waals surface area contributed by atoms with E-state index in [1.54, 1.807) is 72.8 Å².